The number of aromatic nitrogens is 6. The van der Waals surface area contributed by atoms with Gasteiger partial charge in [0.15, 0.2) is 0 Å². The fraction of sp³-hybridized carbons (Fsp3) is 0.114. The first-order chi connectivity index (χ1) is 24.4. The Kier molecular flexibility index (Phi) is 5.95. The molecule has 50 heavy (non-hydrogen) atoms. The fourth-order valence-electron chi connectivity index (χ4n) is 8.41. The molecule has 5 aromatic carbocycles. The molecule has 0 atom stereocenters. The number of rotatable bonds is 4. The molecule has 0 radical (unpaired) electrons. The van der Waals surface area contributed by atoms with Gasteiger partial charge in [0.05, 0.1) is 45.2 Å². The van der Waals surface area contributed by atoms with E-state index in [4.69, 9.17) is 5.10 Å². The third-order valence-corrected chi connectivity index (χ3v) is 10.7. The van der Waals surface area contributed by atoms with Gasteiger partial charge in [-0.15, -0.1) is 0 Å². The molecule has 0 bridgehead atoms. The predicted octanol–water partition coefficient (Wildman–Crippen LogP) is 10.6. The van der Waals surface area contributed by atoms with Crippen LogP contribution in [0.5, 0.6) is 0 Å². The van der Waals surface area contributed by atoms with Gasteiger partial charge in [0.1, 0.15) is 0 Å². The second-order valence-electron chi connectivity index (χ2n) is 13.7. The number of benzene rings is 5. The maximum absolute atomic E-state index is 4.70. The first kappa shape index (κ1) is 28.7. The summed E-state index contributed by atoms with van der Waals surface area (Å²) in [5.74, 6) is 0. The zero-order chi connectivity index (χ0) is 33.8. The highest BCUT2D eigenvalue weighted by molar-refractivity contribution is 6.12. The van der Waals surface area contributed by atoms with Crippen molar-refractivity contribution in [2.45, 2.75) is 27.7 Å². The monoisotopic (exact) mass is 648 g/mol. The zero-order valence-corrected chi connectivity index (χ0v) is 28.8. The lowest BCUT2D eigenvalue weighted by molar-refractivity contribution is 0.796. The molecule has 0 aliphatic heterocycles. The predicted molar refractivity (Wildman–Crippen MR) is 207 cm³/mol. The number of hydrogen-bond donors (Lipinski definition) is 0. The SMILES string of the molecule is Cc1ccc(C)n1-c1ccc2c(c1)c1ccccc1n2-c1cc2cnn(C)c2cc1-n1c2ccccc2c2cc(-n3c(C)ccc3C)ccc21. The van der Waals surface area contributed by atoms with Crippen molar-refractivity contribution in [1.82, 2.24) is 28.0 Å². The van der Waals surface area contributed by atoms with Crippen molar-refractivity contribution >= 4 is 54.5 Å². The molecule has 0 aliphatic rings. The van der Waals surface area contributed by atoms with Gasteiger partial charge in [-0.2, -0.15) is 5.10 Å². The van der Waals surface area contributed by atoms with E-state index < -0.39 is 0 Å². The summed E-state index contributed by atoms with van der Waals surface area (Å²) >= 11 is 0. The summed E-state index contributed by atoms with van der Waals surface area (Å²) in [5, 5.41) is 10.7. The van der Waals surface area contributed by atoms with Gasteiger partial charge in [0.25, 0.3) is 0 Å². The van der Waals surface area contributed by atoms with Crippen molar-refractivity contribution in [2.24, 2.45) is 7.05 Å². The first-order valence-electron chi connectivity index (χ1n) is 17.2. The molecule has 10 aromatic rings. The third-order valence-electron chi connectivity index (χ3n) is 10.7. The Morgan fingerprint density at radius 1 is 0.400 bits per heavy atom. The summed E-state index contributed by atoms with van der Waals surface area (Å²) in [4.78, 5) is 0. The summed E-state index contributed by atoms with van der Waals surface area (Å²) in [5.41, 5.74) is 15.3. The van der Waals surface area contributed by atoms with E-state index in [-0.39, 0.29) is 0 Å². The number of nitrogens with zero attached hydrogens (tertiary/aromatic N) is 6. The van der Waals surface area contributed by atoms with Gasteiger partial charge in [-0.1, -0.05) is 36.4 Å². The Labute approximate surface area is 289 Å². The summed E-state index contributed by atoms with van der Waals surface area (Å²) < 4.78 is 11.6. The molecular formula is C44H36N6. The molecule has 0 saturated heterocycles. The largest absolute Gasteiger partial charge is 0.318 e. The maximum atomic E-state index is 4.70. The third kappa shape index (κ3) is 3.93. The molecule has 5 aromatic heterocycles. The van der Waals surface area contributed by atoms with E-state index in [2.05, 4.69) is 167 Å². The summed E-state index contributed by atoms with van der Waals surface area (Å²) in [6.07, 6.45) is 1.98. The molecule has 0 N–H and O–H groups in total. The quantitative estimate of drug-likeness (QED) is 0.187. The number of aryl methyl sites for hydroxylation is 5. The standard InChI is InChI=1S/C44H36N6/c1-27-14-15-28(2)47(27)32-18-20-40-36(23-32)34-10-6-8-12-38(34)49(40)43-22-31-26-45-46(5)42(31)25-44(43)50-39-13-9-7-11-35(39)37-24-33(19-21-41(37)50)48-29(3)16-17-30(48)4/h6-26H,1-5H3. The van der Waals surface area contributed by atoms with Crippen molar-refractivity contribution in [2.75, 3.05) is 0 Å². The van der Waals surface area contributed by atoms with Gasteiger partial charge in [-0.05, 0) is 113 Å². The normalized spacial score (nSPS) is 12.1. The molecule has 5 heterocycles. The van der Waals surface area contributed by atoms with Crippen LogP contribution < -0.4 is 0 Å². The van der Waals surface area contributed by atoms with E-state index in [9.17, 15) is 0 Å². The second-order valence-corrected chi connectivity index (χ2v) is 13.7. The van der Waals surface area contributed by atoms with E-state index in [1.165, 1.54) is 77.8 Å². The van der Waals surface area contributed by atoms with Gasteiger partial charge < -0.3 is 18.3 Å². The van der Waals surface area contributed by atoms with Crippen LogP contribution in [0.15, 0.2) is 128 Å². The van der Waals surface area contributed by atoms with Gasteiger partial charge in [-0.3, -0.25) is 4.68 Å². The molecule has 0 amide bonds. The molecule has 6 nitrogen and oxygen atoms in total. The molecule has 242 valence electrons. The fourth-order valence-corrected chi connectivity index (χ4v) is 8.41. The molecule has 0 aliphatic carbocycles. The molecule has 0 saturated carbocycles. The number of hydrogen-bond acceptors (Lipinski definition) is 1. The van der Waals surface area contributed by atoms with Crippen LogP contribution in [0.25, 0.3) is 77.3 Å². The Balaban J connectivity index is 1.31. The Bertz CT molecular complexity index is 2950. The maximum Gasteiger partial charge on any atom is 0.0724 e. The van der Waals surface area contributed by atoms with Crippen LogP contribution in [-0.2, 0) is 7.05 Å². The van der Waals surface area contributed by atoms with Crippen LogP contribution in [0.2, 0.25) is 0 Å². The minimum atomic E-state index is 1.09. The molecule has 10 rings (SSSR count). The van der Waals surface area contributed by atoms with Crippen LogP contribution >= 0.6 is 0 Å². The van der Waals surface area contributed by atoms with Crippen LogP contribution in [-0.4, -0.2) is 28.0 Å². The Hall–Kier alpha value is -6.27. The highest BCUT2D eigenvalue weighted by Gasteiger charge is 2.22. The average molecular weight is 649 g/mol. The van der Waals surface area contributed by atoms with Gasteiger partial charge in [0.2, 0.25) is 0 Å². The zero-order valence-electron chi connectivity index (χ0n) is 28.8. The summed E-state index contributed by atoms with van der Waals surface area (Å²) in [6, 6.07) is 44.8. The Morgan fingerprint density at radius 3 is 1.34 bits per heavy atom. The highest BCUT2D eigenvalue weighted by Crippen LogP contribution is 2.41. The molecule has 0 unspecified atom stereocenters. The first-order valence-corrected chi connectivity index (χ1v) is 17.2. The molecule has 0 fully saturated rings. The van der Waals surface area contributed by atoms with Crippen molar-refractivity contribution in [1.29, 1.82) is 0 Å². The van der Waals surface area contributed by atoms with Crippen molar-refractivity contribution in [3.8, 4) is 22.7 Å². The minimum Gasteiger partial charge on any atom is -0.318 e. The van der Waals surface area contributed by atoms with Crippen LogP contribution in [0.3, 0.4) is 0 Å². The highest BCUT2D eigenvalue weighted by atomic mass is 15.2. The van der Waals surface area contributed by atoms with E-state index in [0.29, 0.717) is 0 Å². The van der Waals surface area contributed by atoms with Gasteiger partial charge in [0, 0.05) is 68.1 Å². The van der Waals surface area contributed by atoms with E-state index in [1.807, 2.05) is 17.9 Å². The smallest absolute Gasteiger partial charge is 0.0724 e. The molecule has 0 spiro atoms. The van der Waals surface area contributed by atoms with Crippen molar-refractivity contribution < 1.29 is 0 Å². The molecular weight excluding hydrogens is 613 g/mol. The summed E-state index contributed by atoms with van der Waals surface area (Å²) in [6.45, 7) is 8.69. The summed E-state index contributed by atoms with van der Waals surface area (Å²) in [7, 11) is 2.03. The minimum absolute atomic E-state index is 1.09. The lowest BCUT2D eigenvalue weighted by atomic mass is 10.1. The van der Waals surface area contributed by atoms with Crippen molar-refractivity contribution in [3.05, 3.63) is 150 Å². The molecule has 6 heteroatoms. The van der Waals surface area contributed by atoms with Crippen LogP contribution in [0.4, 0.5) is 0 Å². The van der Waals surface area contributed by atoms with Crippen molar-refractivity contribution in [3.63, 3.8) is 0 Å². The Morgan fingerprint density at radius 2 is 0.840 bits per heavy atom. The number of para-hydroxylation sites is 2. The van der Waals surface area contributed by atoms with Crippen LogP contribution in [0, 0.1) is 27.7 Å². The average Bonchev–Trinajstić information content (AvgIpc) is 3.92. The van der Waals surface area contributed by atoms with Crippen LogP contribution in [0.1, 0.15) is 22.8 Å². The van der Waals surface area contributed by atoms with Gasteiger partial charge in [-0.25, -0.2) is 0 Å². The second kappa shape index (κ2) is 10.4. The van der Waals surface area contributed by atoms with E-state index in [0.717, 1.165) is 22.3 Å². The topological polar surface area (TPSA) is 37.5 Å². The van der Waals surface area contributed by atoms with E-state index >= 15 is 0 Å². The van der Waals surface area contributed by atoms with Gasteiger partial charge >= 0.3 is 0 Å². The lowest BCUT2D eigenvalue weighted by Crippen LogP contribution is -2.05. The number of fused-ring (bicyclic) bond motifs is 7. The lowest BCUT2D eigenvalue weighted by Gasteiger charge is -2.18. The van der Waals surface area contributed by atoms with E-state index in [1.54, 1.807) is 0 Å².